The molecule has 2 aromatic heterocycles. The highest BCUT2D eigenvalue weighted by Gasteiger charge is 2.45. The Morgan fingerprint density at radius 2 is 1.76 bits per heavy atom. The molecule has 0 aromatic carbocycles. The van der Waals surface area contributed by atoms with Crippen LogP contribution in [0.15, 0.2) is 30.6 Å². The van der Waals surface area contributed by atoms with Gasteiger partial charge in [0.15, 0.2) is 11.4 Å². The maximum atomic E-state index is 14.1. The van der Waals surface area contributed by atoms with E-state index in [9.17, 15) is 27.2 Å². The first-order chi connectivity index (χ1) is 17.7. The number of nitrogens with zero attached hydrogens (tertiary/aromatic N) is 2. The van der Waals surface area contributed by atoms with Crippen LogP contribution in [0, 0.1) is 17.7 Å². The maximum absolute atomic E-state index is 14.1. The minimum absolute atomic E-state index is 0.0620. The summed E-state index contributed by atoms with van der Waals surface area (Å²) >= 11 is 5.73. The molecule has 2 aliphatic rings. The maximum Gasteiger partial charge on any atom is 0.408 e. The monoisotopic (exact) mass is 556 g/mol. The fourth-order valence-electron chi connectivity index (χ4n) is 5.35. The van der Waals surface area contributed by atoms with E-state index in [1.807, 2.05) is 5.32 Å². The van der Waals surface area contributed by atoms with Gasteiger partial charge in [-0.1, -0.05) is 11.6 Å². The van der Waals surface area contributed by atoms with Gasteiger partial charge >= 0.3 is 6.18 Å². The number of nitrogens with one attached hydrogen (secondary N) is 2. The van der Waals surface area contributed by atoms with E-state index in [2.05, 4.69) is 15.3 Å². The van der Waals surface area contributed by atoms with Crippen molar-refractivity contribution in [2.45, 2.75) is 76.2 Å². The van der Waals surface area contributed by atoms with Gasteiger partial charge in [0.25, 0.3) is 17.7 Å². The normalized spacial score (nSPS) is 24.0. The minimum Gasteiger partial charge on any atom is -0.459 e. The van der Waals surface area contributed by atoms with E-state index < -0.39 is 35.5 Å². The van der Waals surface area contributed by atoms with Crippen molar-refractivity contribution in [1.29, 1.82) is 0 Å². The van der Waals surface area contributed by atoms with Crippen LogP contribution >= 0.6 is 11.6 Å². The van der Waals surface area contributed by atoms with E-state index in [4.69, 9.17) is 16.3 Å². The van der Waals surface area contributed by atoms with Gasteiger partial charge in [-0.2, -0.15) is 13.2 Å². The van der Waals surface area contributed by atoms with Crippen molar-refractivity contribution in [2.75, 3.05) is 0 Å². The Labute approximate surface area is 222 Å². The van der Waals surface area contributed by atoms with Gasteiger partial charge in [-0.25, -0.2) is 9.37 Å². The van der Waals surface area contributed by atoms with Crippen molar-refractivity contribution in [3.05, 3.63) is 52.7 Å². The molecule has 0 saturated heterocycles. The van der Waals surface area contributed by atoms with E-state index in [1.54, 1.807) is 6.07 Å². The largest absolute Gasteiger partial charge is 0.459 e. The Morgan fingerprint density at radius 1 is 1.11 bits per heavy atom. The number of alkyl halides is 3. The van der Waals surface area contributed by atoms with Gasteiger partial charge in [0, 0.05) is 30.0 Å². The van der Waals surface area contributed by atoms with Crippen LogP contribution in [0.2, 0.25) is 5.02 Å². The Kier molecular flexibility index (Phi) is 7.88. The van der Waals surface area contributed by atoms with E-state index in [1.165, 1.54) is 32.3 Å². The predicted molar refractivity (Wildman–Crippen MR) is 131 cm³/mol. The third-order valence-corrected chi connectivity index (χ3v) is 7.54. The summed E-state index contributed by atoms with van der Waals surface area (Å²) in [6, 6.07) is 2.20. The van der Waals surface area contributed by atoms with Crippen molar-refractivity contribution < 1.29 is 31.9 Å². The molecule has 38 heavy (non-hydrogen) atoms. The summed E-state index contributed by atoms with van der Waals surface area (Å²) in [5, 5.41) is 5.09. The highest BCUT2D eigenvalue weighted by molar-refractivity contribution is 6.30. The van der Waals surface area contributed by atoms with Crippen molar-refractivity contribution in [2.24, 2.45) is 11.8 Å². The third kappa shape index (κ3) is 6.19. The van der Waals surface area contributed by atoms with Gasteiger partial charge in [-0.05, 0) is 76.5 Å². The average molecular weight is 557 g/mol. The average Bonchev–Trinajstić information content (AvgIpc) is 3.10. The van der Waals surface area contributed by atoms with Crippen LogP contribution in [-0.4, -0.2) is 45.6 Å². The summed E-state index contributed by atoms with van der Waals surface area (Å²) in [5.74, 6) is -1.67. The standard InChI is InChI=1S/C26H29ClF4N4O3/c1-13(26(29,30)31)34-22(36)16-6-7-20(32-11-16)21-14-4-5-15(21)9-18(8-14)35-24(37)25(2,3)38-23-19(28)10-17(27)12-33-23/h6-7,10-15,18,21H,4-5,8-9H2,1-3H3,(H,34,36)(H,35,37)/t13-,14?,15?,18?,21?/m0/s1. The first kappa shape index (κ1) is 28.1. The molecule has 2 fully saturated rings. The summed E-state index contributed by atoms with van der Waals surface area (Å²) in [6.45, 7) is 3.96. The molecule has 2 saturated carbocycles. The molecule has 206 valence electrons. The molecule has 2 bridgehead atoms. The van der Waals surface area contributed by atoms with Crippen LogP contribution in [0.1, 0.15) is 68.4 Å². The first-order valence-corrected chi connectivity index (χ1v) is 12.8. The van der Waals surface area contributed by atoms with Gasteiger partial charge in [-0.15, -0.1) is 0 Å². The molecule has 0 radical (unpaired) electrons. The summed E-state index contributed by atoms with van der Waals surface area (Å²) in [6.07, 6.45) is 1.35. The molecular formula is C26H29ClF4N4O3. The Hall–Kier alpha value is -2.95. The number of aromatic nitrogens is 2. The van der Waals surface area contributed by atoms with Crippen molar-refractivity contribution >= 4 is 23.4 Å². The second-order valence-corrected chi connectivity index (χ2v) is 11.0. The molecule has 12 heteroatoms. The second kappa shape index (κ2) is 10.7. The molecular weight excluding hydrogens is 528 g/mol. The Balaban J connectivity index is 1.36. The number of pyridine rings is 2. The lowest BCUT2D eigenvalue weighted by atomic mass is 9.74. The lowest BCUT2D eigenvalue weighted by Gasteiger charge is -2.37. The predicted octanol–water partition coefficient (Wildman–Crippen LogP) is 5.20. The summed E-state index contributed by atoms with van der Waals surface area (Å²) in [4.78, 5) is 33.4. The van der Waals surface area contributed by atoms with Crippen LogP contribution in [0.4, 0.5) is 17.6 Å². The summed E-state index contributed by atoms with van der Waals surface area (Å²) in [7, 11) is 0. The number of hydrogen-bond donors (Lipinski definition) is 2. The number of rotatable bonds is 7. The molecule has 4 rings (SSSR count). The van der Waals surface area contributed by atoms with Gasteiger partial charge in [0.1, 0.15) is 6.04 Å². The topological polar surface area (TPSA) is 93.2 Å². The molecule has 7 nitrogen and oxygen atoms in total. The molecule has 0 aliphatic heterocycles. The number of ether oxygens (including phenoxy) is 1. The highest BCUT2D eigenvalue weighted by Crippen LogP contribution is 2.51. The number of hydrogen-bond acceptors (Lipinski definition) is 5. The minimum atomic E-state index is -4.53. The lowest BCUT2D eigenvalue weighted by Crippen LogP contribution is -2.52. The number of amides is 2. The summed E-state index contributed by atoms with van der Waals surface area (Å²) in [5.41, 5.74) is -0.526. The van der Waals surface area contributed by atoms with E-state index in [-0.39, 0.29) is 40.3 Å². The van der Waals surface area contributed by atoms with Crippen LogP contribution < -0.4 is 15.4 Å². The lowest BCUT2D eigenvalue weighted by molar-refractivity contribution is -0.149. The number of carbonyl (C=O) groups excluding carboxylic acids is 2. The zero-order chi connectivity index (χ0) is 27.8. The zero-order valence-corrected chi connectivity index (χ0v) is 21.9. The Bertz CT molecular complexity index is 1180. The SMILES string of the molecule is C[C@H](NC(=O)c1ccc(C2C3CCC2CC(NC(=O)C(C)(C)Oc2ncc(Cl)cc2F)C3)nc1)C(F)(F)F. The molecule has 2 aliphatic carbocycles. The molecule has 3 atom stereocenters. The van der Waals surface area contributed by atoms with Gasteiger partial charge in [0.2, 0.25) is 0 Å². The van der Waals surface area contributed by atoms with Crippen LogP contribution in [0.5, 0.6) is 5.88 Å². The zero-order valence-electron chi connectivity index (χ0n) is 21.1. The summed E-state index contributed by atoms with van der Waals surface area (Å²) < 4.78 is 57.9. The fourth-order valence-corrected chi connectivity index (χ4v) is 5.50. The molecule has 2 N–H and O–H groups in total. The quantitative estimate of drug-likeness (QED) is 0.458. The van der Waals surface area contributed by atoms with Crippen LogP contribution in [0.3, 0.4) is 0 Å². The molecule has 2 heterocycles. The molecule has 0 spiro atoms. The molecule has 2 unspecified atom stereocenters. The van der Waals surface area contributed by atoms with E-state index >= 15 is 0 Å². The number of halogens is 5. The fraction of sp³-hybridized carbons (Fsp3) is 0.538. The first-order valence-electron chi connectivity index (χ1n) is 12.4. The highest BCUT2D eigenvalue weighted by atomic mass is 35.5. The smallest absolute Gasteiger partial charge is 0.408 e. The van der Waals surface area contributed by atoms with Crippen molar-refractivity contribution in [3.8, 4) is 5.88 Å². The molecule has 2 amide bonds. The van der Waals surface area contributed by atoms with Crippen LogP contribution in [-0.2, 0) is 4.79 Å². The third-order valence-electron chi connectivity index (χ3n) is 7.34. The Morgan fingerprint density at radius 3 is 2.32 bits per heavy atom. The van der Waals surface area contributed by atoms with Gasteiger partial charge in [-0.3, -0.25) is 14.6 Å². The van der Waals surface area contributed by atoms with Crippen LogP contribution in [0.25, 0.3) is 0 Å². The number of carbonyl (C=O) groups is 2. The van der Waals surface area contributed by atoms with Gasteiger partial charge in [0.05, 0.1) is 10.6 Å². The van der Waals surface area contributed by atoms with Crippen molar-refractivity contribution in [1.82, 2.24) is 20.6 Å². The van der Waals surface area contributed by atoms with E-state index in [0.29, 0.717) is 12.8 Å². The molecule has 2 aromatic rings. The number of fused-ring (bicyclic) bond motifs is 2. The van der Waals surface area contributed by atoms with Crippen molar-refractivity contribution in [3.63, 3.8) is 0 Å². The van der Waals surface area contributed by atoms with E-state index in [0.717, 1.165) is 31.5 Å². The van der Waals surface area contributed by atoms with Gasteiger partial charge < -0.3 is 15.4 Å². The second-order valence-electron chi connectivity index (χ2n) is 10.5.